The summed E-state index contributed by atoms with van der Waals surface area (Å²) in [5.41, 5.74) is 6.99. The average Bonchev–Trinajstić information content (AvgIpc) is 2.49. The molecule has 0 amide bonds. The Kier molecular flexibility index (Phi) is 9.11. The molecule has 0 fully saturated rings. The molecule has 1 rings (SSSR count). The van der Waals surface area contributed by atoms with E-state index in [1.54, 1.807) is 6.20 Å². The summed E-state index contributed by atoms with van der Waals surface area (Å²) >= 11 is 5.17. The zero-order chi connectivity index (χ0) is 15.3. The van der Waals surface area contributed by atoms with Crippen LogP contribution in [0.4, 0.5) is 0 Å². The fourth-order valence-corrected chi connectivity index (χ4v) is 2.01. The number of nitrogens with two attached hydrogens (primary N) is 1. The van der Waals surface area contributed by atoms with Crippen molar-refractivity contribution >= 4 is 23.3 Å². The van der Waals surface area contributed by atoms with Gasteiger partial charge < -0.3 is 16.4 Å². The molecule has 21 heavy (non-hydrogen) atoms. The van der Waals surface area contributed by atoms with Gasteiger partial charge in [0.05, 0.1) is 0 Å². The highest BCUT2D eigenvalue weighted by molar-refractivity contribution is 7.80. The zero-order valence-corrected chi connectivity index (χ0v) is 13.5. The van der Waals surface area contributed by atoms with Crippen LogP contribution in [0.3, 0.4) is 0 Å². The summed E-state index contributed by atoms with van der Waals surface area (Å²) in [7, 11) is 0. The average molecular weight is 307 g/mol. The smallest absolute Gasteiger partial charge is 0.194 e. The maximum absolute atomic E-state index is 5.76. The van der Waals surface area contributed by atoms with Crippen LogP contribution in [0.1, 0.15) is 38.2 Å². The van der Waals surface area contributed by atoms with Crippen molar-refractivity contribution in [2.24, 2.45) is 10.7 Å². The highest BCUT2D eigenvalue weighted by Gasteiger charge is 1.98. The van der Waals surface area contributed by atoms with Crippen molar-refractivity contribution in [3.8, 4) is 0 Å². The van der Waals surface area contributed by atoms with Gasteiger partial charge in [0.25, 0.3) is 0 Å². The molecule has 116 valence electrons. The molecule has 0 aromatic carbocycles. The van der Waals surface area contributed by atoms with Crippen LogP contribution < -0.4 is 16.4 Å². The lowest BCUT2D eigenvalue weighted by Crippen LogP contribution is -2.43. The molecule has 1 aromatic heterocycles. The Bertz CT molecular complexity index is 433. The van der Waals surface area contributed by atoms with E-state index in [9.17, 15) is 0 Å². The molecule has 0 bridgehead atoms. The van der Waals surface area contributed by atoms with Crippen molar-refractivity contribution in [3.63, 3.8) is 0 Å². The van der Waals surface area contributed by atoms with Gasteiger partial charge in [-0.25, -0.2) is 0 Å². The second-order valence-electron chi connectivity index (χ2n) is 4.82. The van der Waals surface area contributed by atoms with Gasteiger partial charge in [-0.3, -0.25) is 9.98 Å². The molecule has 0 atom stereocenters. The number of pyridine rings is 1. The first-order chi connectivity index (χ1) is 10.2. The summed E-state index contributed by atoms with van der Waals surface area (Å²) in [6, 6.07) is 4.02. The van der Waals surface area contributed by atoms with E-state index in [1.165, 1.54) is 18.4 Å². The number of rotatable bonds is 8. The van der Waals surface area contributed by atoms with Crippen LogP contribution in [0.15, 0.2) is 29.5 Å². The molecule has 6 heteroatoms. The summed E-state index contributed by atoms with van der Waals surface area (Å²) < 4.78 is 0. The van der Waals surface area contributed by atoms with Gasteiger partial charge in [0.2, 0.25) is 0 Å². The topological polar surface area (TPSA) is 75.3 Å². The van der Waals surface area contributed by atoms with Crippen LogP contribution in [0.2, 0.25) is 0 Å². The molecule has 0 saturated heterocycles. The van der Waals surface area contributed by atoms with E-state index in [4.69, 9.17) is 18.0 Å². The van der Waals surface area contributed by atoms with Crippen LogP contribution in [0, 0.1) is 0 Å². The van der Waals surface area contributed by atoms with E-state index in [-0.39, 0.29) is 0 Å². The Morgan fingerprint density at radius 3 is 2.95 bits per heavy atom. The SMILES string of the molecule is CCCCCN=C(N)NC(=S)NCCCc1cccnc1. The van der Waals surface area contributed by atoms with Crippen molar-refractivity contribution in [3.05, 3.63) is 30.1 Å². The lowest BCUT2D eigenvalue weighted by atomic mass is 10.2. The van der Waals surface area contributed by atoms with E-state index >= 15 is 0 Å². The van der Waals surface area contributed by atoms with Crippen molar-refractivity contribution in [2.75, 3.05) is 13.1 Å². The van der Waals surface area contributed by atoms with Gasteiger partial charge in [0.1, 0.15) is 0 Å². The van der Waals surface area contributed by atoms with Gasteiger partial charge in [0.15, 0.2) is 11.1 Å². The summed E-state index contributed by atoms with van der Waals surface area (Å²) in [6.45, 7) is 3.70. The predicted octanol–water partition coefficient (Wildman–Crippen LogP) is 1.98. The highest BCUT2D eigenvalue weighted by atomic mass is 32.1. The minimum absolute atomic E-state index is 0.385. The number of nitrogens with zero attached hydrogens (tertiary/aromatic N) is 2. The third kappa shape index (κ3) is 8.96. The Morgan fingerprint density at radius 1 is 1.38 bits per heavy atom. The standard InChI is InChI=1S/C15H25N5S/c1-2-3-4-10-18-14(16)20-15(21)19-11-6-8-13-7-5-9-17-12-13/h5,7,9,12H,2-4,6,8,10-11H2,1H3,(H4,16,18,19,20,21). The molecular weight excluding hydrogens is 282 g/mol. The summed E-state index contributed by atoms with van der Waals surface area (Å²) in [5.74, 6) is 0.385. The quantitative estimate of drug-likeness (QED) is 0.296. The first-order valence-electron chi connectivity index (χ1n) is 7.46. The lowest BCUT2D eigenvalue weighted by Gasteiger charge is -2.09. The van der Waals surface area contributed by atoms with Gasteiger partial charge in [-0.2, -0.15) is 0 Å². The maximum atomic E-state index is 5.76. The number of hydrogen-bond acceptors (Lipinski definition) is 3. The molecule has 4 N–H and O–H groups in total. The van der Waals surface area contributed by atoms with Crippen LogP contribution in [-0.4, -0.2) is 29.1 Å². The van der Waals surface area contributed by atoms with Gasteiger partial charge in [-0.15, -0.1) is 0 Å². The summed E-state index contributed by atoms with van der Waals surface area (Å²) in [4.78, 5) is 8.31. The summed E-state index contributed by atoms with van der Waals surface area (Å²) in [6.07, 6.45) is 9.05. The van der Waals surface area contributed by atoms with Gasteiger partial charge in [-0.05, 0) is 43.1 Å². The molecule has 0 unspecified atom stereocenters. The number of aryl methyl sites for hydroxylation is 1. The molecule has 0 radical (unpaired) electrons. The van der Waals surface area contributed by atoms with E-state index in [0.29, 0.717) is 11.1 Å². The predicted molar refractivity (Wildman–Crippen MR) is 92.3 cm³/mol. The van der Waals surface area contributed by atoms with Gasteiger partial charge >= 0.3 is 0 Å². The van der Waals surface area contributed by atoms with Crippen LogP contribution in [0.25, 0.3) is 0 Å². The van der Waals surface area contributed by atoms with Crippen LogP contribution in [0.5, 0.6) is 0 Å². The molecular formula is C15H25N5S. The zero-order valence-electron chi connectivity index (χ0n) is 12.6. The molecule has 0 aliphatic heterocycles. The number of aliphatic imine (C=N–C) groups is 1. The number of aromatic nitrogens is 1. The molecule has 0 aliphatic rings. The molecule has 1 heterocycles. The number of thiocarbonyl (C=S) groups is 1. The minimum Gasteiger partial charge on any atom is -0.370 e. The first-order valence-corrected chi connectivity index (χ1v) is 7.87. The second kappa shape index (κ2) is 11.0. The summed E-state index contributed by atoms with van der Waals surface area (Å²) in [5, 5.41) is 6.54. The van der Waals surface area contributed by atoms with Gasteiger partial charge in [0, 0.05) is 25.5 Å². The first kappa shape index (κ1) is 17.4. The number of hydrogen-bond donors (Lipinski definition) is 3. The third-order valence-electron chi connectivity index (χ3n) is 2.94. The number of guanidine groups is 1. The molecule has 0 aliphatic carbocycles. The lowest BCUT2D eigenvalue weighted by molar-refractivity contribution is 0.726. The molecule has 5 nitrogen and oxygen atoms in total. The minimum atomic E-state index is 0.385. The highest BCUT2D eigenvalue weighted by Crippen LogP contribution is 1.99. The van der Waals surface area contributed by atoms with Crippen LogP contribution >= 0.6 is 12.2 Å². The fraction of sp³-hybridized carbons (Fsp3) is 0.533. The Morgan fingerprint density at radius 2 is 2.24 bits per heavy atom. The van der Waals surface area contributed by atoms with E-state index in [0.717, 1.165) is 32.4 Å². The van der Waals surface area contributed by atoms with Crippen molar-refractivity contribution < 1.29 is 0 Å². The Balaban J connectivity index is 2.10. The molecule has 1 aromatic rings. The molecule has 0 saturated carbocycles. The third-order valence-corrected chi connectivity index (χ3v) is 3.18. The Hall–Kier alpha value is -1.69. The second-order valence-corrected chi connectivity index (χ2v) is 5.23. The van der Waals surface area contributed by atoms with Crippen LogP contribution in [-0.2, 0) is 6.42 Å². The van der Waals surface area contributed by atoms with E-state index in [1.807, 2.05) is 12.3 Å². The number of unbranched alkanes of at least 4 members (excludes halogenated alkanes) is 2. The normalized spacial score (nSPS) is 11.2. The van der Waals surface area contributed by atoms with Gasteiger partial charge in [-0.1, -0.05) is 25.8 Å². The Labute approximate surface area is 132 Å². The maximum Gasteiger partial charge on any atom is 0.194 e. The van der Waals surface area contributed by atoms with Crippen molar-refractivity contribution in [2.45, 2.75) is 39.0 Å². The number of nitrogens with one attached hydrogen (secondary N) is 2. The largest absolute Gasteiger partial charge is 0.370 e. The van der Waals surface area contributed by atoms with Crippen molar-refractivity contribution in [1.82, 2.24) is 15.6 Å². The monoisotopic (exact) mass is 307 g/mol. The van der Waals surface area contributed by atoms with Crippen molar-refractivity contribution in [1.29, 1.82) is 0 Å². The fourth-order valence-electron chi connectivity index (χ4n) is 1.80. The molecule has 0 spiro atoms. The van der Waals surface area contributed by atoms with E-state index < -0.39 is 0 Å². The van der Waals surface area contributed by atoms with E-state index in [2.05, 4.69) is 33.6 Å².